The zero-order chi connectivity index (χ0) is 13.1. The Morgan fingerprint density at radius 2 is 2.05 bits per heavy atom. The van der Waals surface area contributed by atoms with Gasteiger partial charge in [-0.25, -0.2) is 0 Å². The minimum Gasteiger partial charge on any atom is -0.381 e. The van der Waals surface area contributed by atoms with E-state index in [2.05, 4.69) is 16.4 Å². The Morgan fingerprint density at radius 1 is 1.26 bits per heavy atom. The van der Waals surface area contributed by atoms with Gasteiger partial charge in [0, 0.05) is 17.6 Å². The Balaban J connectivity index is 2.02. The molecule has 2 heterocycles. The second-order valence-electron chi connectivity index (χ2n) is 4.71. The number of nitriles is 1. The average molecular weight is 269 g/mol. The smallest absolute Gasteiger partial charge is 0.103 e. The summed E-state index contributed by atoms with van der Waals surface area (Å²) in [6, 6.07) is 10.7. The maximum absolute atomic E-state index is 9.27. The first-order valence-corrected chi connectivity index (χ1v) is 7.66. The van der Waals surface area contributed by atoms with Crippen molar-refractivity contribution >= 4 is 28.4 Å². The summed E-state index contributed by atoms with van der Waals surface area (Å²) >= 11 is 2.01. The number of fused-ring (bicyclic) bond motifs is 1. The van der Waals surface area contributed by atoms with Crippen LogP contribution in [0.4, 0.5) is 5.69 Å². The molecule has 1 aliphatic rings. The van der Waals surface area contributed by atoms with Crippen LogP contribution in [-0.4, -0.2) is 22.5 Å². The molecule has 0 radical (unpaired) electrons. The summed E-state index contributed by atoms with van der Waals surface area (Å²) in [6.45, 7) is 0. The lowest BCUT2D eigenvalue weighted by Gasteiger charge is -2.24. The molecular formula is C15H15N3S. The van der Waals surface area contributed by atoms with Crippen LogP contribution in [0.15, 0.2) is 30.5 Å². The molecule has 96 valence electrons. The van der Waals surface area contributed by atoms with Crippen LogP contribution in [0.5, 0.6) is 0 Å². The van der Waals surface area contributed by atoms with Gasteiger partial charge in [0.1, 0.15) is 6.07 Å². The van der Waals surface area contributed by atoms with E-state index in [9.17, 15) is 5.26 Å². The molecule has 1 aromatic carbocycles. The standard InChI is InChI=1S/C15H15N3S/c16-9-11-10-17-14-4-2-1-3-13(14)15(11)18-12-5-7-19-8-6-12/h1-4,10,12H,5-8H2,(H,17,18). The minimum absolute atomic E-state index is 0.471. The van der Waals surface area contributed by atoms with Crippen molar-refractivity contribution in [1.82, 2.24) is 4.98 Å². The van der Waals surface area contributed by atoms with Gasteiger partial charge in [-0.1, -0.05) is 18.2 Å². The van der Waals surface area contributed by atoms with Crippen LogP contribution >= 0.6 is 11.8 Å². The molecule has 1 saturated heterocycles. The van der Waals surface area contributed by atoms with Gasteiger partial charge in [-0.3, -0.25) is 4.98 Å². The van der Waals surface area contributed by atoms with Gasteiger partial charge in [-0.15, -0.1) is 0 Å². The fraction of sp³-hybridized carbons (Fsp3) is 0.333. The highest BCUT2D eigenvalue weighted by Crippen LogP contribution is 2.28. The van der Waals surface area contributed by atoms with Crippen LogP contribution in [0.3, 0.4) is 0 Å². The summed E-state index contributed by atoms with van der Waals surface area (Å²) in [5.74, 6) is 2.39. The predicted octanol–water partition coefficient (Wildman–Crippen LogP) is 3.41. The first-order chi connectivity index (χ1) is 9.38. The third-order valence-electron chi connectivity index (χ3n) is 3.47. The highest BCUT2D eigenvalue weighted by molar-refractivity contribution is 7.99. The summed E-state index contributed by atoms with van der Waals surface area (Å²) in [4.78, 5) is 4.34. The number of rotatable bonds is 2. The molecule has 1 aromatic heterocycles. The molecule has 19 heavy (non-hydrogen) atoms. The van der Waals surface area contributed by atoms with Crippen LogP contribution < -0.4 is 5.32 Å². The van der Waals surface area contributed by atoms with Crippen molar-refractivity contribution in [2.45, 2.75) is 18.9 Å². The Morgan fingerprint density at radius 3 is 2.84 bits per heavy atom. The number of hydrogen-bond donors (Lipinski definition) is 1. The molecule has 1 N–H and O–H groups in total. The molecule has 0 unspecified atom stereocenters. The number of hydrogen-bond acceptors (Lipinski definition) is 4. The summed E-state index contributed by atoms with van der Waals surface area (Å²) in [7, 11) is 0. The molecule has 0 aliphatic carbocycles. The van der Waals surface area contributed by atoms with E-state index in [4.69, 9.17) is 0 Å². The number of benzene rings is 1. The van der Waals surface area contributed by atoms with Gasteiger partial charge < -0.3 is 5.32 Å². The Kier molecular flexibility index (Phi) is 3.56. The van der Waals surface area contributed by atoms with Crippen LogP contribution in [0.25, 0.3) is 10.9 Å². The van der Waals surface area contributed by atoms with E-state index in [1.807, 2.05) is 36.0 Å². The van der Waals surface area contributed by atoms with Gasteiger partial charge in [0.15, 0.2) is 0 Å². The summed E-state index contributed by atoms with van der Waals surface area (Å²) < 4.78 is 0. The average Bonchev–Trinajstić information content (AvgIpc) is 2.49. The topological polar surface area (TPSA) is 48.7 Å². The highest BCUT2D eigenvalue weighted by Gasteiger charge is 2.16. The third kappa shape index (κ3) is 2.52. The van der Waals surface area contributed by atoms with E-state index in [1.54, 1.807) is 6.20 Å². The Bertz CT molecular complexity index is 627. The summed E-state index contributed by atoms with van der Waals surface area (Å²) in [5, 5.41) is 13.9. The molecule has 0 bridgehead atoms. The van der Waals surface area contributed by atoms with Crippen molar-refractivity contribution in [3.63, 3.8) is 0 Å². The molecule has 0 saturated carbocycles. The number of nitrogens with zero attached hydrogens (tertiary/aromatic N) is 2. The molecule has 4 heteroatoms. The molecule has 0 spiro atoms. The Labute approximate surface area is 117 Å². The van der Waals surface area contributed by atoms with Gasteiger partial charge in [0.05, 0.1) is 16.8 Å². The lowest BCUT2D eigenvalue weighted by Crippen LogP contribution is -2.25. The van der Waals surface area contributed by atoms with Crippen molar-refractivity contribution in [2.24, 2.45) is 0 Å². The minimum atomic E-state index is 0.471. The zero-order valence-electron chi connectivity index (χ0n) is 10.6. The number of nitrogens with one attached hydrogen (secondary N) is 1. The number of anilines is 1. The maximum Gasteiger partial charge on any atom is 0.103 e. The molecule has 0 atom stereocenters. The van der Waals surface area contributed by atoms with E-state index in [-0.39, 0.29) is 0 Å². The fourth-order valence-corrected chi connectivity index (χ4v) is 3.53. The number of thioether (sulfide) groups is 1. The van der Waals surface area contributed by atoms with E-state index < -0.39 is 0 Å². The molecular weight excluding hydrogens is 254 g/mol. The SMILES string of the molecule is N#Cc1cnc2ccccc2c1NC1CCSCC1. The van der Waals surface area contributed by atoms with Crippen LogP contribution in [-0.2, 0) is 0 Å². The second-order valence-corrected chi connectivity index (χ2v) is 5.93. The van der Waals surface area contributed by atoms with E-state index >= 15 is 0 Å². The van der Waals surface area contributed by atoms with Crippen molar-refractivity contribution in [3.8, 4) is 6.07 Å². The van der Waals surface area contributed by atoms with Crippen molar-refractivity contribution in [3.05, 3.63) is 36.0 Å². The van der Waals surface area contributed by atoms with Gasteiger partial charge in [0.2, 0.25) is 0 Å². The van der Waals surface area contributed by atoms with Crippen LogP contribution in [0.2, 0.25) is 0 Å². The molecule has 3 nitrogen and oxygen atoms in total. The van der Waals surface area contributed by atoms with Crippen molar-refractivity contribution < 1.29 is 0 Å². The largest absolute Gasteiger partial charge is 0.381 e. The molecule has 1 fully saturated rings. The zero-order valence-corrected chi connectivity index (χ0v) is 11.4. The van der Waals surface area contributed by atoms with E-state index in [1.165, 1.54) is 11.5 Å². The van der Waals surface area contributed by atoms with Crippen LogP contribution in [0, 0.1) is 11.3 Å². The first kappa shape index (κ1) is 12.3. The Hall–Kier alpha value is -1.73. The number of aromatic nitrogens is 1. The first-order valence-electron chi connectivity index (χ1n) is 6.50. The lowest BCUT2D eigenvalue weighted by atomic mass is 10.1. The van der Waals surface area contributed by atoms with E-state index in [0.717, 1.165) is 29.4 Å². The van der Waals surface area contributed by atoms with Gasteiger partial charge in [-0.05, 0) is 30.4 Å². The quantitative estimate of drug-likeness (QED) is 0.907. The van der Waals surface area contributed by atoms with Gasteiger partial charge in [-0.2, -0.15) is 17.0 Å². The number of para-hydroxylation sites is 1. The fourth-order valence-electron chi connectivity index (χ4n) is 2.43. The molecule has 2 aromatic rings. The summed E-state index contributed by atoms with van der Waals surface area (Å²) in [5.41, 5.74) is 2.52. The number of pyridine rings is 1. The normalized spacial score (nSPS) is 16.2. The second kappa shape index (κ2) is 5.50. The molecule has 1 aliphatic heterocycles. The maximum atomic E-state index is 9.27. The molecule has 0 amide bonds. The van der Waals surface area contributed by atoms with E-state index in [0.29, 0.717) is 11.6 Å². The van der Waals surface area contributed by atoms with Gasteiger partial charge in [0.25, 0.3) is 0 Å². The molecule has 3 rings (SSSR count). The third-order valence-corrected chi connectivity index (χ3v) is 4.51. The van der Waals surface area contributed by atoms with Gasteiger partial charge >= 0.3 is 0 Å². The van der Waals surface area contributed by atoms with Crippen molar-refractivity contribution in [2.75, 3.05) is 16.8 Å². The monoisotopic (exact) mass is 269 g/mol. The lowest BCUT2D eigenvalue weighted by molar-refractivity contribution is 0.667. The van der Waals surface area contributed by atoms with Crippen molar-refractivity contribution in [1.29, 1.82) is 5.26 Å². The highest BCUT2D eigenvalue weighted by atomic mass is 32.2. The predicted molar refractivity (Wildman–Crippen MR) is 80.4 cm³/mol. The summed E-state index contributed by atoms with van der Waals surface area (Å²) in [6.07, 6.45) is 3.99. The van der Waals surface area contributed by atoms with Crippen LogP contribution in [0.1, 0.15) is 18.4 Å².